The summed E-state index contributed by atoms with van der Waals surface area (Å²) < 4.78 is 0. The van der Waals surface area contributed by atoms with Crippen LogP contribution in [0.2, 0.25) is 0 Å². The van der Waals surface area contributed by atoms with E-state index in [9.17, 15) is 0 Å². The molecule has 3 aromatic rings. The Kier molecular flexibility index (Phi) is 2.22. The molecule has 0 unspecified atom stereocenters. The van der Waals surface area contributed by atoms with Gasteiger partial charge < -0.3 is 0 Å². The minimum absolute atomic E-state index is 1.10. The van der Waals surface area contributed by atoms with Crippen LogP contribution in [0.25, 0.3) is 22.2 Å². The Morgan fingerprint density at radius 3 is 2.68 bits per heavy atom. The molecule has 0 bridgehead atoms. The van der Waals surface area contributed by atoms with E-state index in [2.05, 4.69) is 55.5 Å². The van der Waals surface area contributed by atoms with Gasteiger partial charge in [-0.25, -0.2) is 4.98 Å². The molecule has 2 aromatic carbocycles. The summed E-state index contributed by atoms with van der Waals surface area (Å²) in [4.78, 5) is 4.92. The van der Waals surface area contributed by atoms with Crippen molar-refractivity contribution in [3.8, 4) is 11.3 Å². The largest absolute Gasteiger partial charge is 0.247 e. The van der Waals surface area contributed by atoms with E-state index < -0.39 is 0 Å². The monoisotopic (exact) mass is 245 g/mol. The van der Waals surface area contributed by atoms with Crippen molar-refractivity contribution in [3.05, 3.63) is 65.2 Å². The lowest BCUT2D eigenvalue weighted by Gasteiger charge is -2.19. The molecule has 1 heteroatoms. The average molecular weight is 245 g/mol. The van der Waals surface area contributed by atoms with Crippen molar-refractivity contribution >= 4 is 10.9 Å². The number of aryl methyl sites for hydroxylation is 3. The fraction of sp³-hybridized carbons (Fsp3) is 0.167. The molecule has 1 heterocycles. The van der Waals surface area contributed by atoms with E-state index in [1.165, 1.54) is 33.3 Å². The van der Waals surface area contributed by atoms with Crippen LogP contribution in [0.1, 0.15) is 16.7 Å². The van der Waals surface area contributed by atoms with Gasteiger partial charge in [-0.05, 0) is 48.6 Å². The summed E-state index contributed by atoms with van der Waals surface area (Å²) in [6, 6.07) is 17.5. The zero-order valence-electron chi connectivity index (χ0n) is 11.0. The number of hydrogen-bond acceptors (Lipinski definition) is 1. The second kappa shape index (κ2) is 3.92. The smallest absolute Gasteiger partial charge is 0.0744 e. The fourth-order valence-corrected chi connectivity index (χ4v) is 2.98. The maximum Gasteiger partial charge on any atom is 0.0744 e. The maximum atomic E-state index is 4.92. The van der Waals surface area contributed by atoms with E-state index >= 15 is 0 Å². The molecule has 19 heavy (non-hydrogen) atoms. The van der Waals surface area contributed by atoms with Crippen LogP contribution in [0.3, 0.4) is 0 Å². The van der Waals surface area contributed by atoms with E-state index in [-0.39, 0.29) is 0 Å². The standard InChI is InChI=1S/C18H15N/c1-12-6-7-14-11-15-9-8-13-4-2-3-5-16(13)18(15)19-17(14)10-12/h2-7,10-11H,8-9H2,1H3. The highest BCUT2D eigenvalue weighted by molar-refractivity contribution is 5.85. The Labute approximate surface area is 112 Å². The van der Waals surface area contributed by atoms with Gasteiger partial charge in [-0.15, -0.1) is 0 Å². The minimum atomic E-state index is 1.10. The number of nitrogens with zero attached hydrogens (tertiary/aromatic N) is 1. The zero-order chi connectivity index (χ0) is 12.8. The molecular weight excluding hydrogens is 230 g/mol. The number of pyridine rings is 1. The molecule has 0 radical (unpaired) electrons. The molecule has 0 spiro atoms. The molecule has 0 fully saturated rings. The summed E-state index contributed by atoms with van der Waals surface area (Å²) in [5, 5.41) is 1.25. The lowest BCUT2D eigenvalue weighted by atomic mass is 9.88. The molecule has 1 aromatic heterocycles. The Bertz CT molecular complexity index is 787. The predicted octanol–water partition coefficient (Wildman–Crippen LogP) is 4.31. The molecule has 0 N–H and O–H groups in total. The summed E-state index contributed by atoms with van der Waals surface area (Å²) >= 11 is 0. The summed E-state index contributed by atoms with van der Waals surface area (Å²) in [5.41, 5.74) is 7.68. The number of benzene rings is 2. The molecule has 1 aliphatic carbocycles. The molecule has 4 rings (SSSR count). The summed E-state index contributed by atoms with van der Waals surface area (Å²) in [5.74, 6) is 0. The zero-order valence-corrected chi connectivity index (χ0v) is 11.0. The topological polar surface area (TPSA) is 12.9 Å². The molecule has 0 amide bonds. The van der Waals surface area contributed by atoms with Crippen molar-refractivity contribution in [2.24, 2.45) is 0 Å². The van der Waals surface area contributed by atoms with E-state index in [0.717, 1.165) is 18.4 Å². The van der Waals surface area contributed by atoms with Crippen molar-refractivity contribution in [2.45, 2.75) is 19.8 Å². The number of hydrogen-bond donors (Lipinski definition) is 0. The summed E-state index contributed by atoms with van der Waals surface area (Å²) in [6.07, 6.45) is 2.23. The molecule has 1 aliphatic rings. The van der Waals surface area contributed by atoms with Crippen molar-refractivity contribution < 1.29 is 0 Å². The molecule has 0 aliphatic heterocycles. The third kappa shape index (κ3) is 1.66. The van der Waals surface area contributed by atoms with Gasteiger partial charge >= 0.3 is 0 Å². The van der Waals surface area contributed by atoms with Crippen LogP contribution in [0, 0.1) is 6.92 Å². The van der Waals surface area contributed by atoms with E-state index in [4.69, 9.17) is 4.98 Å². The van der Waals surface area contributed by atoms with E-state index in [1.54, 1.807) is 0 Å². The SMILES string of the molecule is Cc1ccc2cc3c(nc2c1)-c1ccccc1CC3. The number of fused-ring (bicyclic) bond motifs is 4. The third-order valence-electron chi connectivity index (χ3n) is 3.99. The van der Waals surface area contributed by atoms with E-state index in [0.29, 0.717) is 0 Å². The Hall–Kier alpha value is -2.15. The van der Waals surface area contributed by atoms with Gasteiger partial charge in [0.25, 0.3) is 0 Å². The lowest BCUT2D eigenvalue weighted by molar-refractivity contribution is 0.933. The maximum absolute atomic E-state index is 4.92. The molecule has 92 valence electrons. The van der Waals surface area contributed by atoms with Crippen LogP contribution in [-0.2, 0) is 12.8 Å². The van der Waals surface area contributed by atoms with Gasteiger partial charge in [0.15, 0.2) is 0 Å². The lowest BCUT2D eigenvalue weighted by Crippen LogP contribution is -2.05. The van der Waals surface area contributed by atoms with Crippen LogP contribution in [-0.4, -0.2) is 4.98 Å². The Morgan fingerprint density at radius 1 is 0.895 bits per heavy atom. The number of aromatic nitrogens is 1. The molecular formula is C18H15N. The normalized spacial score (nSPS) is 13.1. The van der Waals surface area contributed by atoms with Gasteiger partial charge in [-0.1, -0.05) is 36.4 Å². The van der Waals surface area contributed by atoms with Crippen LogP contribution in [0.15, 0.2) is 48.5 Å². The quantitative estimate of drug-likeness (QED) is 0.575. The van der Waals surface area contributed by atoms with E-state index in [1.807, 2.05) is 0 Å². The van der Waals surface area contributed by atoms with Crippen molar-refractivity contribution in [1.29, 1.82) is 0 Å². The van der Waals surface area contributed by atoms with Gasteiger partial charge in [0.1, 0.15) is 0 Å². The van der Waals surface area contributed by atoms with Crippen molar-refractivity contribution in [2.75, 3.05) is 0 Å². The van der Waals surface area contributed by atoms with Crippen LogP contribution in [0.4, 0.5) is 0 Å². The Morgan fingerprint density at radius 2 is 1.74 bits per heavy atom. The first-order chi connectivity index (χ1) is 9.31. The first kappa shape index (κ1) is 10.7. The van der Waals surface area contributed by atoms with Crippen LogP contribution < -0.4 is 0 Å². The van der Waals surface area contributed by atoms with Gasteiger partial charge in [0.2, 0.25) is 0 Å². The third-order valence-corrected chi connectivity index (χ3v) is 3.99. The first-order valence-corrected chi connectivity index (χ1v) is 6.80. The van der Waals surface area contributed by atoms with Crippen LogP contribution >= 0.6 is 0 Å². The molecule has 0 saturated carbocycles. The fourth-order valence-electron chi connectivity index (χ4n) is 2.98. The van der Waals surface area contributed by atoms with Crippen molar-refractivity contribution in [3.63, 3.8) is 0 Å². The highest BCUT2D eigenvalue weighted by atomic mass is 14.7. The Balaban J connectivity index is 2.04. The van der Waals surface area contributed by atoms with Gasteiger partial charge in [-0.2, -0.15) is 0 Å². The summed E-state index contributed by atoms with van der Waals surface area (Å²) in [7, 11) is 0. The van der Waals surface area contributed by atoms with Gasteiger partial charge in [0, 0.05) is 10.9 Å². The highest BCUT2D eigenvalue weighted by Crippen LogP contribution is 2.33. The summed E-state index contributed by atoms with van der Waals surface area (Å²) in [6.45, 7) is 2.12. The second-order valence-corrected chi connectivity index (χ2v) is 5.35. The van der Waals surface area contributed by atoms with Crippen molar-refractivity contribution in [1.82, 2.24) is 4.98 Å². The highest BCUT2D eigenvalue weighted by Gasteiger charge is 2.17. The van der Waals surface area contributed by atoms with Gasteiger partial charge in [-0.3, -0.25) is 0 Å². The van der Waals surface area contributed by atoms with Gasteiger partial charge in [0.05, 0.1) is 11.2 Å². The average Bonchev–Trinajstić information content (AvgIpc) is 2.45. The first-order valence-electron chi connectivity index (χ1n) is 6.80. The van der Waals surface area contributed by atoms with Crippen LogP contribution in [0.5, 0.6) is 0 Å². The molecule has 0 atom stereocenters. The molecule has 0 saturated heterocycles. The number of rotatable bonds is 0. The second-order valence-electron chi connectivity index (χ2n) is 5.35. The predicted molar refractivity (Wildman–Crippen MR) is 79.3 cm³/mol. The molecule has 1 nitrogen and oxygen atoms in total. The minimum Gasteiger partial charge on any atom is -0.247 e.